The number of likely N-dealkylation sites (tertiary alicyclic amines) is 1. The van der Waals surface area contributed by atoms with Gasteiger partial charge in [0, 0.05) is 65.8 Å². The number of rotatable bonds is 8. The lowest BCUT2D eigenvalue weighted by Gasteiger charge is -2.21. The van der Waals surface area contributed by atoms with Gasteiger partial charge in [0.15, 0.2) is 0 Å². The molecule has 0 bridgehead atoms. The van der Waals surface area contributed by atoms with E-state index in [2.05, 4.69) is 56.7 Å². The summed E-state index contributed by atoms with van der Waals surface area (Å²) in [5.74, 6) is 6.28. The van der Waals surface area contributed by atoms with Crippen molar-refractivity contribution in [3.05, 3.63) is 87.6 Å². The molecule has 1 saturated heterocycles. The van der Waals surface area contributed by atoms with Crippen LogP contribution in [0.15, 0.2) is 54.7 Å². The Kier molecular flexibility index (Phi) is 10.3. The molecule has 0 saturated carbocycles. The molecule has 1 atom stereocenters. The van der Waals surface area contributed by atoms with Gasteiger partial charge in [0.1, 0.15) is 5.82 Å². The lowest BCUT2D eigenvalue weighted by atomic mass is 10.0. The van der Waals surface area contributed by atoms with Gasteiger partial charge in [-0.3, -0.25) is 15.0 Å². The maximum Gasteiger partial charge on any atom is 0.320 e. The summed E-state index contributed by atoms with van der Waals surface area (Å²) >= 11 is 6.59. The van der Waals surface area contributed by atoms with Crippen LogP contribution in [-0.4, -0.2) is 78.2 Å². The fourth-order valence-corrected chi connectivity index (χ4v) is 4.72. The van der Waals surface area contributed by atoms with E-state index in [1.807, 2.05) is 25.1 Å². The Balaban J connectivity index is 1.38. The number of anilines is 2. The van der Waals surface area contributed by atoms with E-state index < -0.39 is 6.03 Å². The fraction of sp³-hybridized carbons (Fsp3) is 0.323. The van der Waals surface area contributed by atoms with Crippen molar-refractivity contribution < 1.29 is 14.7 Å². The molecule has 41 heavy (non-hydrogen) atoms. The molecule has 1 aliphatic heterocycles. The molecular formula is C31H35ClN6O3. The number of pyridine rings is 1. The minimum absolute atomic E-state index is 0.143. The Labute approximate surface area is 245 Å². The van der Waals surface area contributed by atoms with Gasteiger partial charge in [0.05, 0.1) is 6.61 Å². The highest BCUT2D eigenvalue weighted by molar-refractivity contribution is 6.31. The monoisotopic (exact) mass is 574 g/mol. The number of halogens is 1. The number of urea groups is 1. The van der Waals surface area contributed by atoms with Crippen molar-refractivity contribution in [2.75, 3.05) is 51.0 Å². The predicted molar refractivity (Wildman–Crippen MR) is 162 cm³/mol. The molecule has 0 unspecified atom stereocenters. The number of amides is 3. The predicted octanol–water partition coefficient (Wildman–Crippen LogP) is 3.95. The van der Waals surface area contributed by atoms with E-state index in [9.17, 15) is 9.59 Å². The Bertz CT molecular complexity index is 1450. The second-order valence-electron chi connectivity index (χ2n) is 10.2. The van der Waals surface area contributed by atoms with E-state index in [0.717, 1.165) is 42.7 Å². The highest BCUT2D eigenvalue weighted by Gasteiger charge is 2.24. The number of carbonyl (C=O) groups is 2. The molecule has 4 N–H and O–H groups in total. The SMILES string of the molecule is Cc1ccc(C(=O)Nc2ccc(CN3CC[C@H](N(C)C)C3)c(Cl)c2)cc1C#Cc1ccc(NC(=O)NCCO)nc1. The first-order valence-corrected chi connectivity index (χ1v) is 13.8. The van der Waals surface area contributed by atoms with Gasteiger partial charge in [0.2, 0.25) is 0 Å². The largest absolute Gasteiger partial charge is 0.395 e. The van der Waals surface area contributed by atoms with Crippen molar-refractivity contribution in [3.8, 4) is 11.8 Å². The van der Waals surface area contributed by atoms with Gasteiger partial charge >= 0.3 is 6.03 Å². The zero-order chi connectivity index (χ0) is 29.4. The summed E-state index contributed by atoms with van der Waals surface area (Å²) in [7, 11) is 4.23. The third-order valence-corrected chi connectivity index (χ3v) is 7.28. The maximum atomic E-state index is 13.0. The first kappa shape index (κ1) is 30.0. The van der Waals surface area contributed by atoms with E-state index in [1.54, 1.807) is 36.5 Å². The van der Waals surface area contributed by atoms with E-state index in [0.29, 0.717) is 33.7 Å². The third-order valence-electron chi connectivity index (χ3n) is 6.93. The summed E-state index contributed by atoms with van der Waals surface area (Å²) in [6, 6.07) is 14.5. The van der Waals surface area contributed by atoms with Crippen LogP contribution in [0.4, 0.5) is 16.3 Å². The lowest BCUT2D eigenvalue weighted by molar-refractivity contribution is 0.102. The minimum atomic E-state index is -0.449. The second-order valence-corrected chi connectivity index (χ2v) is 10.6. The zero-order valence-corrected chi connectivity index (χ0v) is 24.3. The Hall–Kier alpha value is -3.94. The number of nitrogens with one attached hydrogen (secondary N) is 3. The topological polar surface area (TPSA) is 110 Å². The molecule has 1 fully saturated rings. The van der Waals surface area contributed by atoms with Crippen LogP contribution in [0.1, 0.15) is 39.0 Å². The highest BCUT2D eigenvalue weighted by Crippen LogP contribution is 2.25. The number of carbonyl (C=O) groups excluding carboxylic acids is 2. The molecule has 1 aliphatic rings. The van der Waals surface area contributed by atoms with Crippen LogP contribution in [0, 0.1) is 18.8 Å². The van der Waals surface area contributed by atoms with Crippen molar-refractivity contribution in [1.29, 1.82) is 0 Å². The highest BCUT2D eigenvalue weighted by atomic mass is 35.5. The normalized spacial score (nSPS) is 14.8. The summed E-state index contributed by atoms with van der Waals surface area (Å²) < 4.78 is 0. The maximum absolute atomic E-state index is 13.0. The second kappa shape index (κ2) is 14.1. The van der Waals surface area contributed by atoms with Crippen molar-refractivity contribution >= 4 is 35.0 Å². The third kappa shape index (κ3) is 8.52. The van der Waals surface area contributed by atoms with Gasteiger partial charge in [-0.25, -0.2) is 9.78 Å². The lowest BCUT2D eigenvalue weighted by Crippen LogP contribution is -2.31. The molecule has 3 amide bonds. The molecule has 2 aromatic carbocycles. The van der Waals surface area contributed by atoms with E-state index in [4.69, 9.17) is 16.7 Å². The van der Waals surface area contributed by atoms with Crippen LogP contribution < -0.4 is 16.0 Å². The molecule has 10 heteroatoms. The summed E-state index contributed by atoms with van der Waals surface area (Å²) in [6.07, 6.45) is 2.70. The molecule has 9 nitrogen and oxygen atoms in total. The quantitative estimate of drug-likeness (QED) is 0.303. The van der Waals surface area contributed by atoms with Crippen LogP contribution in [-0.2, 0) is 6.54 Å². The molecule has 4 rings (SSSR count). The van der Waals surface area contributed by atoms with Crippen molar-refractivity contribution in [2.24, 2.45) is 0 Å². The Morgan fingerprint density at radius 3 is 2.63 bits per heavy atom. The number of hydrogen-bond acceptors (Lipinski definition) is 6. The van der Waals surface area contributed by atoms with Crippen LogP contribution in [0.5, 0.6) is 0 Å². The van der Waals surface area contributed by atoms with Crippen LogP contribution in [0.3, 0.4) is 0 Å². The zero-order valence-electron chi connectivity index (χ0n) is 23.5. The van der Waals surface area contributed by atoms with Gasteiger partial charge in [0.25, 0.3) is 5.91 Å². The van der Waals surface area contributed by atoms with E-state index >= 15 is 0 Å². The Morgan fingerprint density at radius 2 is 1.95 bits per heavy atom. The molecule has 1 aromatic heterocycles. The Morgan fingerprint density at radius 1 is 1.12 bits per heavy atom. The van der Waals surface area contributed by atoms with Crippen molar-refractivity contribution in [1.82, 2.24) is 20.1 Å². The van der Waals surface area contributed by atoms with Gasteiger partial charge in [-0.2, -0.15) is 0 Å². The fourth-order valence-electron chi connectivity index (χ4n) is 4.48. The number of aliphatic hydroxyl groups is 1. The number of hydrogen-bond donors (Lipinski definition) is 4. The van der Waals surface area contributed by atoms with Crippen molar-refractivity contribution in [3.63, 3.8) is 0 Å². The average Bonchev–Trinajstić information content (AvgIpc) is 3.43. The molecule has 3 aromatic rings. The van der Waals surface area contributed by atoms with Gasteiger partial charge in [-0.05, 0) is 75.0 Å². The number of likely N-dealkylation sites (N-methyl/N-ethyl adjacent to an activating group) is 1. The molecular weight excluding hydrogens is 540 g/mol. The summed E-state index contributed by atoms with van der Waals surface area (Å²) in [5, 5.41) is 17.4. The van der Waals surface area contributed by atoms with Gasteiger partial charge in [-0.15, -0.1) is 0 Å². The number of benzene rings is 2. The van der Waals surface area contributed by atoms with Crippen LogP contribution in [0.2, 0.25) is 5.02 Å². The molecule has 214 valence electrons. The first-order valence-electron chi connectivity index (χ1n) is 13.4. The average molecular weight is 575 g/mol. The summed E-state index contributed by atoms with van der Waals surface area (Å²) in [6.45, 7) is 4.79. The number of nitrogens with zero attached hydrogens (tertiary/aromatic N) is 3. The molecule has 2 heterocycles. The minimum Gasteiger partial charge on any atom is -0.395 e. The van der Waals surface area contributed by atoms with Crippen LogP contribution in [0.25, 0.3) is 0 Å². The number of aliphatic hydroxyl groups excluding tert-OH is 1. The summed E-state index contributed by atoms with van der Waals surface area (Å²) in [4.78, 5) is 33.6. The summed E-state index contributed by atoms with van der Waals surface area (Å²) in [5.41, 5.74) is 4.47. The van der Waals surface area contributed by atoms with E-state index in [1.165, 1.54) is 0 Å². The van der Waals surface area contributed by atoms with Crippen LogP contribution >= 0.6 is 11.6 Å². The standard InChI is InChI=1S/C31H35ClN6O3/c1-21-4-7-24(16-23(21)8-5-22-6-11-29(34-18-22)36-31(41)33-13-15-39)30(40)35-26-10-9-25(28(32)17-26)19-38-14-12-27(20-38)37(2)3/h4,6-7,9-11,16-18,27,39H,12-15,19-20H2,1-3H3,(H,35,40)(H2,33,34,36,41)/t27-/m0/s1. The van der Waals surface area contributed by atoms with Crippen molar-refractivity contribution in [2.45, 2.75) is 25.9 Å². The van der Waals surface area contributed by atoms with E-state index in [-0.39, 0.29) is 19.1 Å². The first-order chi connectivity index (χ1) is 19.7. The number of aryl methyl sites for hydroxylation is 1. The molecule has 0 spiro atoms. The number of aromatic nitrogens is 1. The van der Waals surface area contributed by atoms with Gasteiger partial charge in [-0.1, -0.05) is 35.6 Å². The molecule has 0 radical (unpaired) electrons. The van der Waals surface area contributed by atoms with Gasteiger partial charge < -0.3 is 20.6 Å². The smallest absolute Gasteiger partial charge is 0.320 e. The molecule has 0 aliphatic carbocycles.